The van der Waals surface area contributed by atoms with E-state index in [1.807, 2.05) is 13.8 Å². The zero-order chi connectivity index (χ0) is 22.0. The van der Waals surface area contributed by atoms with Crippen LogP contribution in [0.15, 0.2) is 27.5 Å². The molecule has 0 amide bonds. The first-order chi connectivity index (χ1) is 14.4. The molecular weight excluding hydrogens is 410 g/mol. The van der Waals surface area contributed by atoms with Gasteiger partial charge in [0.05, 0.1) is 31.1 Å². The highest BCUT2D eigenvalue weighted by atomic mass is 35.5. The molecule has 4 rings (SSSR count). The van der Waals surface area contributed by atoms with Gasteiger partial charge in [-0.2, -0.15) is 14.7 Å². The van der Waals surface area contributed by atoms with Crippen molar-refractivity contribution in [3.05, 3.63) is 55.5 Å². The number of hydrogen-bond acceptors (Lipinski definition) is 8. The maximum atomic E-state index is 12.0. The first-order valence-electron chi connectivity index (χ1n) is 9.21. The van der Waals surface area contributed by atoms with E-state index in [-0.39, 0.29) is 23.9 Å². The Morgan fingerprint density at radius 2 is 2.10 bits per heavy atom. The van der Waals surface area contributed by atoms with Crippen LogP contribution in [0.2, 0.25) is 5.02 Å². The molecule has 158 valence electrons. The molecule has 0 radical (unpaired) electrons. The predicted octanol–water partition coefficient (Wildman–Crippen LogP) is 1.11. The van der Waals surface area contributed by atoms with Crippen LogP contribution >= 0.6 is 11.6 Å². The summed E-state index contributed by atoms with van der Waals surface area (Å²) in [6.07, 6.45) is 3.11. The van der Waals surface area contributed by atoms with Gasteiger partial charge in [0, 0.05) is 18.3 Å². The van der Waals surface area contributed by atoms with Crippen LogP contribution in [-0.2, 0) is 13.1 Å². The molecule has 0 unspecified atom stereocenters. The number of anilines is 2. The molecule has 30 heavy (non-hydrogen) atoms. The molecule has 0 saturated carbocycles. The Morgan fingerprint density at radius 1 is 1.37 bits per heavy atom. The summed E-state index contributed by atoms with van der Waals surface area (Å²) in [5, 5.41) is 8.36. The number of rotatable bonds is 4. The fourth-order valence-corrected chi connectivity index (χ4v) is 3.32. The maximum absolute atomic E-state index is 12.0. The van der Waals surface area contributed by atoms with Gasteiger partial charge in [0.2, 0.25) is 0 Å². The van der Waals surface area contributed by atoms with Gasteiger partial charge < -0.3 is 21.0 Å². The highest BCUT2D eigenvalue weighted by Crippen LogP contribution is 2.35. The van der Waals surface area contributed by atoms with Gasteiger partial charge in [-0.1, -0.05) is 32.0 Å². The molecule has 12 heteroatoms. The van der Waals surface area contributed by atoms with Crippen LogP contribution in [-0.4, -0.2) is 37.8 Å². The van der Waals surface area contributed by atoms with E-state index < -0.39 is 11.2 Å². The number of halogens is 1. The zero-order valence-corrected chi connectivity index (χ0v) is 17.5. The van der Waals surface area contributed by atoms with E-state index in [2.05, 4.69) is 37.2 Å². The molecule has 1 aliphatic heterocycles. The molecule has 5 N–H and O–H groups in total. The van der Waals surface area contributed by atoms with E-state index in [4.69, 9.17) is 17.3 Å². The summed E-state index contributed by atoms with van der Waals surface area (Å²) >= 11 is 6.43. The van der Waals surface area contributed by atoms with Crippen molar-refractivity contribution < 1.29 is 0 Å². The van der Waals surface area contributed by atoms with E-state index in [0.29, 0.717) is 33.9 Å². The van der Waals surface area contributed by atoms with Crippen molar-refractivity contribution in [2.75, 3.05) is 17.7 Å². The number of nitrogens with one attached hydrogen (secondary N) is 3. The Kier molecular flexibility index (Phi) is 5.92. The lowest BCUT2D eigenvalue weighted by Gasteiger charge is -2.19. The van der Waals surface area contributed by atoms with Crippen LogP contribution in [0.4, 0.5) is 11.6 Å². The van der Waals surface area contributed by atoms with Crippen LogP contribution in [0.1, 0.15) is 30.7 Å². The molecule has 3 aromatic rings. The zero-order valence-electron chi connectivity index (χ0n) is 16.8. The van der Waals surface area contributed by atoms with Crippen molar-refractivity contribution >= 4 is 40.7 Å². The van der Waals surface area contributed by atoms with E-state index in [1.54, 1.807) is 24.4 Å². The number of H-pyrrole nitrogens is 2. The van der Waals surface area contributed by atoms with Crippen LogP contribution in [0.3, 0.4) is 0 Å². The first-order valence-corrected chi connectivity index (χ1v) is 9.59. The van der Waals surface area contributed by atoms with Crippen molar-refractivity contribution in [3.8, 4) is 0 Å². The topological polar surface area (TPSA) is 150 Å². The van der Waals surface area contributed by atoms with E-state index in [1.165, 1.54) is 4.52 Å². The van der Waals surface area contributed by atoms with Gasteiger partial charge in [-0.15, -0.1) is 0 Å². The van der Waals surface area contributed by atoms with Gasteiger partial charge >= 0.3 is 5.69 Å². The number of nitrogens with two attached hydrogens (primary N) is 1. The molecule has 0 atom stereocenters. The number of fused-ring (bicyclic) bond motifs is 2. The second-order valence-electron chi connectivity index (χ2n) is 6.16. The lowest BCUT2D eigenvalue weighted by Crippen LogP contribution is -2.25. The lowest BCUT2D eigenvalue weighted by atomic mass is 10.2. The summed E-state index contributed by atoms with van der Waals surface area (Å²) < 4.78 is 1.41. The molecule has 1 aliphatic rings. The second kappa shape index (κ2) is 8.41. The summed E-state index contributed by atoms with van der Waals surface area (Å²) in [6.45, 7) is 8.46. The Morgan fingerprint density at radius 3 is 2.80 bits per heavy atom. The molecule has 0 fully saturated rings. The van der Waals surface area contributed by atoms with Gasteiger partial charge in [0.1, 0.15) is 10.8 Å². The summed E-state index contributed by atoms with van der Waals surface area (Å²) in [5.74, 6) is 0.577. The molecule has 0 spiro atoms. The number of aromatic amines is 2. The minimum Gasteiger partial charge on any atom is -0.382 e. The minimum absolute atomic E-state index is 0.197. The summed E-state index contributed by atoms with van der Waals surface area (Å²) in [4.78, 5) is 34.8. The highest BCUT2D eigenvalue weighted by molar-refractivity contribution is 6.35. The fraction of sp³-hybridized carbons (Fsp3) is 0.278. The fourth-order valence-electron chi connectivity index (χ4n) is 3.08. The summed E-state index contributed by atoms with van der Waals surface area (Å²) in [7, 11) is 1.67. The third-order valence-electron chi connectivity index (χ3n) is 4.43. The number of allylic oxidation sites excluding steroid dienone is 1. The SMILES string of the molecule is C=C(/C=N\NC)c1cnn2c(N)c(Cl)c(N3Cc4[nH]c(=O)[nH]c(=O)c4C3)nc12.CC. The normalized spacial score (nSPS) is 12.7. The predicted molar refractivity (Wildman–Crippen MR) is 118 cm³/mol. The molecule has 0 aromatic carbocycles. The quantitative estimate of drug-likeness (QED) is 0.357. The highest BCUT2D eigenvalue weighted by Gasteiger charge is 2.28. The molecule has 4 heterocycles. The van der Waals surface area contributed by atoms with Crippen molar-refractivity contribution in [3.63, 3.8) is 0 Å². The molecular formula is C18H22ClN9O2. The van der Waals surface area contributed by atoms with Crippen LogP contribution in [0.25, 0.3) is 11.2 Å². The molecule has 0 saturated heterocycles. The number of hydrazone groups is 1. The lowest BCUT2D eigenvalue weighted by molar-refractivity contribution is 0.839. The third kappa shape index (κ3) is 3.54. The van der Waals surface area contributed by atoms with Crippen molar-refractivity contribution in [2.24, 2.45) is 5.10 Å². The van der Waals surface area contributed by atoms with Crippen LogP contribution in [0, 0.1) is 0 Å². The summed E-state index contributed by atoms with van der Waals surface area (Å²) in [6, 6.07) is 0. The summed E-state index contributed by atoms with van der Waals surface area (Å²) in [5.41, 5.74) is 10.4. The smallest absolute Gasteiger partial charge is 0.325 e. The number of aromatic nitrogens is 5. The largest absolute Gasteiger partial charge is 0.382 e. The van der Waals surface area contributed by atoms with Crippen LogP contribution in [0.5, 0.6) is 0 Å². The number of nitrogens with zero attached hydrogens (tertiary/aromatic N) is 5. The van der Waals surface area contributed by atoms with E-state index >= 15 is 0 Å². The van der Waals surface area contributed by atoms with Crippen molar-refractivity contribution in [1.82, 2.24) is 30.0 Å². The Hall–Kier alpha value is -3.60. The minimum atomic E-state index is -0.558. The molecule has 0 aliphatic carbocycles. The van der Waals surface area contributed by atoms with Gasteiger partial charge in [-0.05, 0) is 5.57 Å². The third-order valence-corrected chi connectivity index (χ3v) is 4.79. The van der Waals surface area contributed by atoms with Crippen molar-refractivity contribution in [2.45, 2.75) is 26.9 Å². The van der Waals surface area contributed by atoms with Crippen molar-refractivity contribution in [1.29, 1.82) is 0 Å². The molecule has 3 aromatic heterocycles. The number of hydrogen-bond donors (Lipinski definition) is 4. The second-order valence-corrected chi connectivity index (χ2v) is 6.53. The molecule has 0 bridgehead atoms. The maximum Gasteiger partial charge on any atom is 0.325 e. The number of nitrogen functional groups attached to an aromatic ring is 1. The first kappa shape index (κ1) is 21.1. The Balaban J connectivity index is 0.00000124. The van der Waals surface area contributed by atoms with Gasteiger partial charge in [-0.3, -0.25) is 9.78 Å². The van der Waals surface area contributed by atoms with Gasteiger partial charge in [0.15, 0.2) is 11.5 Å². The Bertz CT molecular complexity index is 1260. The van der Waals surface area contributed by atoms with Gasteiger partial charge in [0.25, 0.3) is 5.56 Å². The monoisotopic (exact) mass is 431 g/mol. The van der Waals surface area contributed by atoms with E-state index in [9.17, 15) is 9.59 Å². The van der Waals surface area contributed by atoms with Gasteiger partial charge in [-0.25, -0.2) is 9.78 Å². The average molecular weight is 432 g/mol. The molecule has 11 nitrogen and oxygen atoms in total. The van der Waals surface area contributed by atoms with Crippen LogP contribution < -0.4 is 27.3 Å². The standard InChI is InChI=1S/C16H16ClN9O2.C2H6/c1-7(3-20-19-2)8-4-21-26-12(18)11(17)14(23-13(8)26)25-5-9-10(6-25)22-16(28)24-15(9)27;1-2/h3-4,19H,1,5-6,18H2,2H3,(H2,22,24,27,28);1-2H3/b20-3-;. The average Bonchev–Trinajstić information content (AvgIpc) is 3.34. The Labute approximate surface area is 176 Å². The van der Waals surface area contributed by atoms with E-state index in [0.717, 1.165) is 0 Å².